The molecule has 0 heterocycles. The lowest BCUT2D eigenvalue weighted by Gasteiger charge is -2.10. The summed E-state index contributed by atoms with van der Waals surface area (Å²) in [4.78, 5) is 23.3. The molecule has 5 nitrogen and oxygen atoms in total. The Labute approximate surface area is 158 Å². The maximum Gasteiger partial charge on any atom is 0.330 e. The smallest absolute Gasteiger partial charge is 0.330 e. The third kappa shape index (κ3) is 6.26. The lowest BCUT2D eigenvalue weighted by molar-refractivity contribution is -0.137. The largest absolute Gasteiger partial charge is 0.463 e. The summed E-state index contributed by atoms with van der Waals surface area (Å²) in [5, 5.41) is 6.32. The van der Waals surface area contributed by atoms with Gasteiger partial charge in [0.1, 0.15) is 0 Å². The Morgan fingerprint density at radius 1 is 1.15 bits per heavy atom. The van der Waals surface area contributed by atoms with Gasteiger partial charge in [-0.1, -0.05) is 29.8 Å². The molecule has 2 rings (SSSR count). The second-order valence-electron chi connectivity index (χ2n) is 5.59. The van der Waals surface area contributed by atoms with Crippen LogP contribution in [0.25, 0.3) is 6.08 Å². The molecule has 2 aromatic rings. The van der Waals surface area contributed by atoms with E-state index in [0.29, 0.717) is 17.3 Å². The summed E-state index contributed by atoms with van der Waals surface area (Å²) < 4.78 is 4.82. The maximum atomic E-state index is 12.0. The van der Waals surface area contributed by atoms with E-state index in [1.165, 1.54) is 6.08 Å². The standard InChI is InChI=1S/C20H21ClN2O3/c1-3-26-20(25)11-7-15-5-8-16(9-6-15)22-13-19(24)23-18-10-4-14(2)12-17(18)21/h4-12,22H,3,13H2,1-2H3,(H,23,24)/b11-7+. The summed E-state index contributed by atoms with van der Waals surface area (Å²) in [6, 6.07) is 12.8. The normalized spacial score (nSPS) is 10.6. The number of amides is 1. The first-order chi connectivity index (χ1) is 12.5. The molecule has 0 atom stereocenters. The highest BCUT2D eigenvalue weighted by Crippen LogP contribution is 2.22. The van der Waals surface area contributed by atoms with Crippen LogP contribution in [0.5, 0.6) is 0 Å². The van der Waals surface area contributed by atoms with Gasteiger partial charge in [0.2, 0.25) is 5.91 Å². The molecule has 26 heavy (non-hydrogen) atoms. The molecule has 0 fully saturated rings. The average molecular weight is 373 g/mol. The number of benzene rings is 2. The molecule has 0 saturated carbocycles. The molecule has 0 unspecified atom stereocenters. The van der Waals surface area contributed by atoms with Crippen LogP contribution in [0.3, 0.4) is 0 Å². The van der Waals surface area contributed by atoms with E-state index in [9.17, 15) is 9.59 Å². The van der Waals surface area contributed by atoms with Gasteiger partial charge in [-0.25, -0.2) is 4.79 Å². The van der Waals surface area contributed by atoms with E-state index in [0.717, 1.165) is 16.8 Å². The van der Waals surface area contributed by atoms with Crippen LogP contribution in [0.15, 0.2) is 48.5 Å². The Morgan fingerprint density at radius 2 is 1.88 bits per heavy atom. The van der Waals surface area contributed by atoms with Crippen molar-refractivity contribution in [2.24, 2.45) is 0 Å². The van der Waals surface area contributed by atoms with E-state index in [2.05, 4.69) is 10.6 Å². The van der Waals surface area contributed by atoms with Gasteiger partial charge in [0.15, 0.2) is 0 Å². The van der Waals surface area contributed by atoms with Crippen LogP contribution in [0, 0.1) is 6.92 Å². The van der Waals surface area contributed by atoms with Gasteiger partial charge in [0, 0.05) is 11.8 Å². The van der Waals surface area contributed by atoms with E-state index < -0.39 is 0 Å². The maximum absolute atomic E-state index is 12.0. The van der Waals surface area contributed by atoms with Crippen LogP contribution in [-0.2, 0) is 14.3 Å². The van der Waals surface area contributed by atoms with Crippen molar-refractivity contribution in [1.29, 1.82) is 0 Å². The topological polar surface area (TPSA) is 67.4 Å². The highest BCUT2D eigenvalue weighted by molar-refractivity contribution is 6.33. The molecule has 2 N–H and O–H groups in total. The number of ether oxygens (including phenoxy) is 1. The van der Waals surface area contributed by atoms with Gasteiger partial charge in [-0.05, 0) is 55.3 Å². The van der Waals surface area contributed by atoms with E-state index in [1.807, 2.05) is 37.3 Å². The molecule has 136 valence electrons. The Hall–Kier alpha value is -2.79. The van der Waals surface area contributed by atoms with Crippen molar-refractivity contribution in [1.82, 2.24) is 0 Å². The third-order valence-electron chi connectivity index (χ3n) is 3.46. The number of anilines is 2. The molecule has 0 aliphatic rings. The van der Waals surface area contributed by atoms with Crippen LogP contribution in [0.4, 0.5) is 11.4 Å². The molecule has 1 amide bonds. The lowest BCUT2D eigenvalue weighted by Crippen LogP contribution is -2.21. The zero-order valence-electron chi connectivity index (χ0n) is 14.7. The second kappa shape index (κ2) is 9.63. The summed E-state index contributed by atoms with van der Waals surface area (Å²) in [5.74, 6) is -0.567. The van der Waals surface area contributed by atoms with Crippen molar-refractivity contribution in [2.75, 3.05) is 23.8 Å². The van der Waals surface area contributed by atoms with Gasteiger partial charge < -0.3 is 15.4 Å². The molecule has 6 heteroatoms. The first kappa shape index (κ1) is 19.5. The summed E-state index contributed by atoms with van der Waals surface area (Å²) in [7, 11) is 0. The predicted octanol–water partition coefficient (Wildman–Crippen LogP) is 4.28. The summed E-state index contributed by atoms with van der Waals surface area (Å²) in [6.07, 6.45) is 3.05. The van der Waals surface area contributed by atoms with Crippen LogP contribution in [0.2, 0.25) is 5.02 Å². The minimum absolute atomic E-state index is 0.113. The van der Waals surface area contributed by atoms with E-state index in [4.69, 9.17) is 16.3 Å². The molecule has 2 aromatic carbocycles. The van der Waals surface area contributed by atoms with Crippen molar-refractivity contribution in [3.63, 3.8) is 0 Å². The number of hydrogen-bond donors (Lipinski definition) is 2. The fourth-order valence-corrected chi connectivity index (χ4v) is 2.45. The van der Waals surface area contributed by atoms with E-state index in [1.54, 1.807) is 25.1 Å². The average Bonchev–Trinajstić information content (AvgIpc) is 2.62. The number of carbonyl (C=O) groups is 2. The number of nitrogens with one attached hydrogen (secondary N) is 2. The van der Waals surface area contributed by atoms with Crippen molar-refractivity contribution >= 4 is 40.9 Å². The second-order valence-corrected chi connectivity index (χ2v) is 6.00. The number of carbonyl (C=O) groups excluding carboxylic acids is 2. The number of rotatable bonds is 7. The Morgan fingerprint density at radius 3 is 2.54 bits per heavy atom. The van der Waals surface area contributed by atoms with Gasteiger partial charge in [-0.15, -0.1) is 0 Å². The molecule has 0 spiro atoms. The SMILES string of the molecule is CCOC(=O)/C=C/c1ccc(NCC(=O)Nc2ccc(C)cc2Cl)cc1. The first-order valence-electron chi connectivity index (χ1n) is 8.22. The number of aryl methyl sites for hydroxylation is 1. The highest BCUT2D eigenvalue weighted by Gasteiger charge is 2.06. The van der Waals surface area contributed by atoms with Crippen molar-refractivity contribution in [3.8, 4) is 0 Å². The molecule has 0 aromatic heterocycles. The van der Waals surface area contributed by atoms with Crippen LogP contribution in [-0.4, -0.2) is 25.0 Å². The molecule has 0 saturated heterocycles. The fraction of sp³-hybridized carbons (Fsp3) is 0.200. The molecule has 0 bridgehead atoms. The fourth-order valence-electron chi connectivity index (χ4n) is 2.16. The van der Waals surface area contributed by atoms with Gasteiger partial charge in [-0.2, -0.15) is 0 Å². The highest BCUT2D eigenvalue weighted by atomic mass is 35.5. The quantitative estimate of drug-likeness (QED) is 0.562. The number of esters is 1. The van der Waals surface area contributed by atoms with E-state index >= 15 is 0 Å². The molecular weight excluding hydrogens is 352 g/mol. The number of hydrogen-bond acceptors (Lipinski definition) is 4. The van der Waals surface area contributed by atoms with Gasteiger partial charge in [-0.3, -0.25) is 4.79 Å². The Balaban J connectivity index is 1.85. The summed E-state index contributed by atoms with van der Waals surface area (Å²) in [5.41, 5.74) is 3.27. The monoisotopic (exact) mass is 372 g/mol. The minimum atomic E-state index is -0.374. The summed E-state index contributed by atoms with van der Waals surface area (Å²) in [6.45, 7) is 4.16. The van der Waals surface area contributed by atoms with E-state index in [-0.39, 0.29) is 18.4 Å². The molecular formula is C20H21ClN2O3. The molecule has 0 aliphatic heterocycles. The number of halogens is 1. The van der Waals surface area contributed by atoms with Crippen molar-refractivity contribution in [3.05, 3.63) is 64.7 Å². The van der Waals surface area contributed by atoms with Crippen LogP contribution >= 0.6 is 11.6 Å². The summed E-state index contributed by atoms with van der Waals surface area (Å²) >= 11 is 6.11. The molecule has 0 radical (unpaired) electrons. The predicted molar refractivity (Wildman–Crippen MR) is 105 cm³/mol. The van der Waals surface area contributed by atoms with Gasteiger partial charge in [0.05, 0.1) is 23.9 Å². The third-order valence-corrected chi connectivity index (χ3v) is 3.77. The van der Waals surface area contributed by atoms with Crippen LogP contribution in [0.1, 0.15) is 18.1 Å². The zero-order valence-corrected chi connectivity index (χ0v) is 15.5. The Kier molecular flexibility index (Phi) is 7.24. The molecule has 0 aliphatic carbocycles. The minimum Gasteiger partial charge on any atom is -0.463 e. The van der Waals surface area contributed by atoms with Gasteiger partial charge in [0.25, 0.3) is 0 Å². The Bertz CT molecular complexity index is 801. The van der Waals surface area contributed by atoms with Crippen molar-refractivity contribution in [2.45, 2.75) is 13.8 Å². The van der Waals surface area contributed by atoms with Gasteiger partial charge >= 0.3 is 5.97 Å². The first-order valence-corrected chi connectivity index (χ1v) is 8.60. The zero-order chi connectivity index (χ0) is 18.9. The lowest BCUT2D eigenvalue weighted by atomic mass is 10.2. The van der Waals surface area contributed by atoms with Crippen LogP contribution < -0.4 is 10.6 Å². The van der Waals surface area contributed by atoms with Crippen molar-refractivity contribution < 1.29 is 14.3 Å².